The zero-order valence-corrected chi connectivity index (χ0v) is 6.96. The van der Waals surface area contributed by atoms with Gasteiger partial charge in [0.1, 0.15) is 0 Å². The second-order valence-electron chi connectivity index (χ2n) is 1.67. The lowest BCUT2D eigenvalue weighted by molar-refractivity contribution is -0.135. The Morgan fingerprint density at radius 1 is 1.82 bits per heavy atom. The number of carboxylic acids is 1. The van der Waals surface area contributed by atoms with E-state index >= 15 is 0 Å². The van der Waals surface area contributed by atoms with Crippen molar-refractivity contribution in [1.29, 1.82) is 0 Å². The first-order chi connectivity index (χ1) is 5.18. The lowest BCUT2D eigenvalue weighted by Crippen LogP contribution is -2.16. The van der Waals surface area contributed by atoms with Gasteiger partial charge in [-0.3, -0.25) is 4.79 Å². The van der Waals surface area contributed by atoms with Crippen LogP contribution in [0.2, 0.25) is 0 Å². The smallest absolute Gasteiger partial charge is 0.317 e. The number of aliphatic carboxylic acids is 1. The summed E-state index contributed by atoms with van der Waals surface area (Å²) in [7, 11) is 3.23. The molecule has 0 fully saturated rings. The summed E-state index contributed by atoms with van der Waals surface area (Å²) in [4.78, 5) is 9.54. The van der Waals surface area contributed by atoms with Crippen molar-refractivity contribution in [3.05, 3.63) is 12.7 Å². The van der Waals surface area contributed by atoms with Crippen molar-refractivity contribution < 1.29 is 14.6 Å². The molecule has 0 saturated heterocycles. The normalized spacial score (nSPS) is 7.82. The van der Waals surface area contributed by atoms with Crippen LogP contribution in [0, 0.1) is 0 Å². The number of carbonyl (C=O) groups is 1. The van der Waals surface area contributed by atoms with Crippen LogP contribution in [0.25, 0.3) is 0 Å². The van der Waals surface area contributed by atoms with Crippen molar-refractivity contribution in [1.82, 2.24) is 5.32 Å². The molecule has 66 valence electrons. The Bertz CT molecular complexity index is 104. The van der Waals surface area contributed by atoms with Crippen molar-refractivity contribution in [3.8, 4) is 0 Å². The minimum atomic E-state index is -0.822. The molecule has 0 spiro atoms. The summed E-state index contributed by atoms with van der Waals surface area (Å²) in [6.45, 7) is 4.12. The predicted octanol–water partition coefficient (Wildman–Crippen LogP) is 0.109. The molecule has 0 atom stereocenters. The molecule has 0 aromatic heterocycles. The number of methoxy groups -OCH3 is 1. The zero-order valence-electron chi connectivity index (χ0n) is 6.96. The van der Waals surface area contributed by atoms with Crippen LogP contribution in [0.1, 0.15) is 0 Å². The van der Waals surface area contributed by atoms with Crippen LogP contribution < -0.4 is 5.32 Å². The van der Waals surface area contributed by atoms with E-state index in [9.17, 15) is 4.79 Å². The Morgan fingerprint density at radius 2 is 2.36 bits per heavy atom. The fourth-order valence-electron chi connectivity index (χ4n) is 0.269. The maximum atomic E-state index is 9.54. The molecule has 0 heterocycles. The van der Waals surface area contributed by atoms with Gasteiger partial charge in [0, 0.05) is 7.11 Å². The van der Waals surface area contributed by atoms with Gasteiger partial charge in [0.2, 0.25) is 0 Å². The van der Waals surface area contributed by atoms with E-state index in [-0.39, 0.29) is 6.54 Å². The Hall–Kier alpha value is -0.870. The third-order valence-corrected chi connectivity index (χ3v) is 0.613. The first-order valence-electron chi connectivity index (χ1n) is 3.15. The molecule has 2 N–H and O–H groups in total. The van der Waals surface area contributed by atoms with Gasteiger partial charge in [-0.15, -0.1) is 6.58 Å². The zero-order chi connectivity index (χ0) is 9.11. The van der Waals surface area contributed by atoms with E-state index in [1.807, 2.05) is 0 Å². The summed E-state index contributed by atoms with van der Waals surface area (Å²) >= 11 is 0. The van der Waals surface area contributed by atoms with Gasteiger partial charge < -0.3 is 15.2 Å². The van der Waals surface area contributed by atoms with Gasteiger partial charge in [0.05, 0.1) is 13.2 Å². The molecule has 0 amide bonds. The van der Waals surface area contributed by atoms with Crippen LogP contribution in [0.4, 0.5) is 0 Å². The van der Waals surface area contributed by atoms with Gasteiger partial charge in [-0.1, -0.05) is 6.08 Å². The minimum Gasteiger partial charge on any atom is -0.480 e. The lowest BCUT2D eigenvalue weighted by Gasteiger charge is -1.84. The quantitative estimate of drug-likeness (QED) is 0.574. The summed E-state index contributed by atoms with van der Waals surface area (Å²) in [5.74, 6) is -0.822. The van der Waals surface area contributed by atoms with Crippen molar-refractivity contribution in [2.75, 3.05) is 27.3 Å². The van der Waals surface area contributed by atoms with Gasteiger partial charge in [-0.05, 0) is 7.05 Å². The number of likely N-dealkylation sites (N-methyl/N-ethyl adjacent to an activating group) is 1. The second kappa shape index (κ2) is 11.9. The Labute approximate surface area is 66.9 Å². The van der Waals surface area contributed by atoms with Crippen molar-refractivity contribution in [2.24, 2.45) is 0 Å². The molecule has 0 aromatic carbocycles. The molecule has 0 aromatic rings. The van der Waals surface area contributed by atoms with Crippen molar-refractivity contribution in [3.63, 3.8) is 0 Å². The molecule has 4 nitrogen and oxygen atoms in total. The largest absolute Gasteiger partial charge is 0.480 e. The highest BCUT2D eigenvalue weighted by Crippen LogP contribution is 1.60. The molecule has 0 saturated carbocycles. The summed E-state index contributed by atoms with van der Waals surface area (Å²) in [5, 5.41) is 10.3. The molecule has 0 aliphatic heterocycles. The summed E-state index contributed by atoms with van der Waals surface area (Å²) in [6.07, 6.45) is 1.71. The lowest BCUT2D eigenvalue weighted by atomic mass is 10.7. The number of ether oxygens (including phenoxy) is 1. The van der Waals surface area contributed by atoms with Crippen LogP contribution in [0.3, 0.4) is 0 Å². The first kappa shape index (κ1) is 12.8. The van der Waals surface area contributed by atoms with E-state index in [2.05, 4.69) is 16.6 Å². The van der Waals surface area contributed by atoms with Crippen molar-refractivity contribution in [2.45, 2.75) is 0 Å². The number of nitrogens with one attached hydrogen (secondary N) is 1. The van der Waals surface area contributed by atoms with E-state index < -0.39 is 5.97 Å². The number of carboxylic acid groups (broad SMARTS) is 1. The van der Waals surface area contributed by atoms with Gasteiger partial charge in [-0.25, -0.2) is 0 Å². The fraction of sp³-hybridized carbons (Fsp3) is 0.571. The SMILES string of the molecule is C=CCOC.CNCC(=O)O. The molecule has 11 heavy (non-hydrogen) atoms. The standard InChI is InChI=1S/C4H8O.C3H7NO2/c1-3-4-5-2;1-4-2-3(5)6/h3H,1,4H2,2H3;4H,2H2,1H3,(H,5,6). The topological polar surface area (TPSA) is 58.6 Å². The molecular formula is C7H15NO3. The van der Waals surface area contributed by atoms with Crippen LogP contribution in [-0.2, 0) is 9.53 Å². The van der Waals surface area contributed by atoms with Gasteiger partial charge in [-0.2, -0.15) is 0 Å². The van der Waals surface area contributed by atoms with Gasteiger partial charge in [0.25, 0.3) is 0 Å². The summed E-state index contributed by atoms with van der Waals surface area (Å²) < 4.78 is 4.57. The van der Waals surface area contributed by atoms with Crippen LogP contribution in [0.5, 0.6) is 0 Å². The van der Waals surface area contributed by atoms with E-state index in [4.69, 9.17) is 5.11 Å². The summed E-state index contributed by atoms with van der Waals surface area (Å²) in [5.41, 5.74) is 0. The van der Waals surface area contributed by atoms with Crippen LogP contribution in [-0.4, -0.2) is 38.4 Å². The Kier molecular flexibility index (Phi) is 13.8. The van der Waals surface area contributed by atoms with Gasteiger partial charge >= 0.3 is 5.97 Å². The first-order valence-corrected chi connectivity index (χ1v) is 3.15. The average molecular weight is 161 g/mol. The molecule has 0 rings (SSSR count). The molecule has 0 unspecified atom stereocenters. The highest BCUT2D eigenvalue weighted by molar-refractivity contribution is 5.68. The molecule has 0 aliphatic rings. The maximum Gasteiger partial charge on any atom is 0.317 e. The average Bonchev–Trinajstić information content (AvgIpc) is 1.90. The number of hydrogen-bond acceptors (Lipinski definition) is 3. The predicted molar refractivity (Wildman–Crippen MR) is 43.6 cm³/mol. The van der Waals surface area contributed by atoms with E-state index in [1.165, 1.54) is 0 Å². The monoisotopic (exact) mass is 161 g/mol. The van der Waals surface area contributed by atoms with Gasteiger partial charge in [0.15, 0.2) is 0 Å². The van der Waals surface area contributed by atoms with E-state index in [1.54, 1.807) is 20.2 Å². The van der Waals surface area contributed by atoms with Crippen molar-refractivity contribution >= 4 is 5.97 Å². The maximum absolute atomic E-state index is 9.54. The number of rotatable bonds is 4. The Balaban J connectivity index is 0. The molecule has 0 bridgehead atoms. The molecule has 0 aliphatic carbocycles. The van der Waals surface area contributed by atoms with Crippen LogP contribution >= 0.6 is 0 Å². The minimum absolute atomic E-state index is 0.0417. The molecular weight excluding hydrogens is 146 g/mol. The van der Waals surface area contributed by atoms with E-state index in [0.717, 1.165) is 0 Å². The highest BCUT2D eigenvalue weighted by Gasteiger charge is 1.86. The van der Waals surface area contributed by atoms with E-state index in [0.29, 0.717) is 6.61 Å². The third kappa shape index (κ3) is 27.2. The number of hydrogen-bond donors (Lipinski definition) is 2. The fourth-order valence-corrected chi connectivity index (χ4v) is 0.269. The highest BCUT2D eigenvalue weighted by atomic mass is 16.5. The third-order valence-electron chi connectivity index (χ3n) is 0.613. The molecule has 4 heteroatoms. The Morgan fingerprint density at radius 3 is 2.36 bits per heavy atom. The second-order valence-corrected chi connectivity index (χ2v) is 1.67. The summed E-state index contributed by atoms with van der Waals surface area (Å²) in [6, 6.07) is 0. The van der Waals surface area contributed by atoms with Crippen LogP contribution in [0.15, 0.2) is 12.7 Å². The molecule has 0 radical (unpaired) electrons.